The fourth-order valence-corrected chi connectivity index (χ4v) is 10.3. The van der Waals surface area contributed by atoms with Crippen molar-refractivity contribution in [2.24, 2.45) is 0 Å². The number of fused-ring (bicyclic) bond motifs is 9. The highest BCUT2D eigenvalue weighted by Gasteiger charge is 2.35. The van der Waals surface area contributed by atoms with Crippen molar-refractivity contribution in [3.05, 3.63) is 199 Å². The van der Waals surface area contributed by atoms with Crippen molar-refractivity contribution in [2.75, 3.05) is 0 Å². The Kier molecular flexibility index (Phi) is 7.32. The average molecular weight is 792 g/mol. The van der Waals surface area contributed by atoms with Crippen molar-refractivity contribution in [3.8, 4) is 89.8 Å². The summed E-state index contributed by atoms with van der Waals surface area (Å²) in [6, 6.07) is 67.1. The second-order valence-electron chi connectivity index (χ2n) is 17.1. The second kappa shape index (κ2) is 13.0. The SMILES string of the molecule is CC1(C)c2ccccc2-c2ccc(-c3nc(-c4ccccc4)nc(-c4cccc(-c5cccc6oc7ccc(-c8ccc9c%10c(cccc8%10)-c8ccccc8-9)cc7c56)c4)n3)cc21. The zero-order chi connectivity index (χ0) is 41.1. The molecule has 0 bridgehead atoms. The summed E-state index contributed by atoms with van der Waals surface area (Å²) in [6.45, 7) is 4.61. The van der Waals surface area contributed by atoms with Gasteiger partial charge in [0.25, 0.3) is 0 Å². The second-order valence-corrected chi connectivity index (χ2v) is 17.1. The molecule has 0 radical (unpaired) electrons. The van der Waals surface area contributed by atoms with Crippen LogP contribution >= 0.6 is 0 Å². The van der Waals surface area contributed by atoms with Gasteiger partial charge in [0.05, 0.1) is 0 Å². The van der Waals surface area contributed by atoms with Crippen LogP contribution in [0.2, 0.25) is 0 Å². The van der Waals surface area contributed by atoms with E-state index in [2.05, 4.69) is 184 Å². The first kappa shape index (κ1) is 34.9. The molecule has 0 saturated heterocycles. The molecule has 0 spiro atoms. The maximum absolute atomic E-state index is 6.56. The van der Waals surface area contributed by atoms with Gasteiger partial charge >= 0.3 is 0 Å². The van der Waals surface area contributed by atoms with Crippen LogP contribution in [-0.2, 0) is 5.41 Å². The molecule has 2 aromatic heterocycles. The van der Waals surface area contributed by atoms with Crippen LogP contribution in [0.25, 0.3) is 123 Å². The molecule has 0 unspecified atom stereocenters. The molecule has 290 valence electrons. The highest BCUT2D eigenvalue weighted by atomic mass is 16.3. The van der Waals surface area contributed by atoms with Gasteiger partial charge in [-0.2, -0.15) is 0 Å². The normalized spacial score (nSPS) is 13.1. The van der Waals surface area contributed by atoms with Crippen molar-refractivity contribution < 1.29 is 4.42 Å². The van der Waals surface area contributed by atoms with Gasteiger partial charge in [0, 0.05) is 32.9 Å². The number of aromatic nitrogens is 3. The summed E-state index contributed by atoms with van der Waals surface area (Å²) in [4.78, 5) is 15.5. The molecule has 2 heterocycles. The Morgan fingerprint density at radius 2 is 0.871 bits per heavy atom. The molecule has 0 N–H and O–H groups in total. The van der Waals surface area contributed by atoms with Crippen LogP contribution in [0.5, 0.6) is 0 Å². The molecule has 0 aliphatic heterocycles. The lowest BCUT2D eigenvalue weighted by Crippen LogP contribution is -2.15. The number of nitrogens with zero attached hydrogens (tertiary/aromatic N) is 3. The zero-order valence-electron chi connectivity index (χ0n) is 34.1. The molecule has 9 aromatic carbocycles. The predicted molar refractivity (Wildman–Crippen MR) is 254 cm³/mol. The third-order valence-corrected chi connectivity index (χ3v) is 13.3. The van der Waals surface area contributed by atoms with Gasteiger partial charge in [0.15, 0.2) is 17.5 Å². The third-order valence-electron chi connectivity index (χ3n) is 13.3. The van der Waals surface area contributed by atoms with Crippen molar-refractivity contribution in [2.45, 2.75) is 19.3 Å². The number of hydrogen-bond donors (Lipinski definition) is 0. The first-order chi connectivity index (χ1) is 30.5. The van der Waals surface area contributed by atoms with Gasteiger partial charge < -0.3 is 4.42 Å². The van der Waals surface area contributed by atoms with E-state index in [0.717, 1.165) is 55.3 Å². The summed E-state index contributed by atoms with van der Waals surface area (Å²) in [5.41, 5.74) is 19.3. The molecule has 4 heteroatoms. The standard InChI is InChI=1S/C58H37N3O/c1-58(2)49-23-9-8-19-43(49)44-27-25-38(33-50(44)58)57-60-55(34-13-4-3-5-14-34)59-56(61-57)37-16-10-15-35(31-37)40-20-12-24-52-54(40)48-32-36(26-30-51(48)62-52)39-28-29-47-42-18-7-6-17-41(42)46-22-11-21-45(39)53(46)47/h3-33H,1-2H3. The zero-order valence-corrected chi connectivity index (χ0v) is 34.1. The van der Waals surface area contributed by atoms with E-state index in [9.17, 15) is 0 Å². The van der Waals surface area contributed by atoms with Crippen LogP contribution in [0.15, 0.2) is 192 Å². The Labute approximate surface area is 358 Å². The van der Waals surface area contributed by atoms with Crippen molar-refractivity contribution in [3.63, 3.8) is 0 Å². The van der Waals surface area contributed by atoms with Crippen LogP contribution < -0.4 is 0 Å². The van der Waals surface area contributed by atoms with Crippen molar-refractivity contribution in [1.29, 1.82) is 0 Å². The smallest absolute Gasteiger partial charge is 0.164 e. The van der Waals surface area contributed by atoms with E-state index in [0.29, 0.717) is 17.5 Å². The number of hydrogen-bond acceptors (Lipinski definition) is 4. The van der Waals surface area contributed by atoms with Gasteiger partial charge in [-0.15, -0.1) is 0 Å². The van der Waals surface area contributed by atoms with Crippen molar-refractivity contribution >= 4 is 32.7 Å². The van der Waals surface area contributed by atoms with Crippen LogP contribution in [0.1, 0.15) is 25.0 Å². The predicted octanol–water partition coefficient (Wildman–Crippen LogP) is 15.2. The Bertz CT molecular complexity index is 3640. The highest BCUT2D eigenvalue weighted by Crippen LogP contribution is 2.51. The summed E-state index contributed by atoms with van der Waals surface area (Å²) in [5, 5.41) is 4.75. The maximum atomic E-state index is 6.56. The molecule has 2 aliphatic carbocycles. The molecule has 4 nitrogen and oxygen atoms in total. The molecule has 0 amide bonds. The van der Waals surface area contributed by atoms with Crippen LogP contribution in [0.3, 0.4) is 0 Å². The van der Waals surface area contributed by atoms with Gasteiger partial charge in [-0.05, 0) is 108 Å². The summed E-state index contributed by atoms with van der Waals surface area (Å²) >= 11 is 0. The summed E-state index contributed by atoms with van der Waals surface area (Å²) in [7, 11) is 0. The summed E-state index contributed by atoms with van der Waals surface area (Å²) < 4.78 is 6.56. The summed E-state index contributed by atoms with van der Waals surface area (Å²) in [5.74, 6) is 1.91. The van der Waals surface area contributed by atoms with E-state index in [-0.39, 0.29) is 5.41 Å². The first-order valence-electron chi connectivity index (χ1n) is 21.3. The van der Waals surface area contributed by atoms with Gasteiger partial charge in [0.2, 0.25) is 0 Å². The highest BCUT2D eigenvalue weighted by molar-refractivity contribution is 6.19. The average Bonchev–Trinajstić information content (AvgIpc) is 3.95. The minimum absolute atomic E-state index is 0.143. The Balaban J connectivity index is 0.940. The van der Waals surface area contributed by atoms with E-state index < -0.39 is 0 Å². The quantitative estimate of drug-likeness (QED) is 0.174. The molecular formula is C58H37N3O. The van der Waals surface area contributed by atoms with Crippen LogP contribution in [0, 0.1) is 0 Å². The van der Waals surface area contributed by atoms with Crippen LogP contribution in [-0.4, -0.2) is 15.0 Å². The lowest BCUT2D eigenvalue weighted by molar-refractivity contribution is 0.660. The molecule has 0 fully saturated rings. The van der Waals surface area contributed by atoms with Gasteiger partial charge in [-0.3, -0.25) is 0 Å². The van der Waals surface area contributed by atoms with Crippen molar-refractivity contribution in [1.82, 2.24) is 15.0 Å². The van der Waals surface area contributed by atoms with E-state index in [4.69, 9.17) is 19.4 Å². The Morgan fingerprint density at radius 3 is 1.69 bits per heavy atom. The molecule has 13 rings (SSSR count). The van der Waals surface area contributed by atoms with E-state index in [1.54, 1.807) is 0 Å². The van der Waals surface area contributed by atoms with E-state index in [1.165, 1.54) is 60.8 Å². The minimum Gasteiger partial charge on any atom is -0.456 e. The fraction of sp³-hybridized carbons (Fsp3) is 0.0517. The fourth-order valence-electron chi connectivity index (χ4n) is 10.3. The van der Waals surface area contributed by atoms with Gasteiger partial charge in [0.1, 0.15) is 11.2 Å². The minimum atomic E-state index is -0.143. The van der Waals surface area contributed by atoms with Gasteiger partial charge in [-0.25, -0.2) is 15.0 Å². The maximum Gasteiger partial charge on any atom is 0.164 e. The Hall–Kier alpha value is -7.95. The van der Waals surface area contributed by atoms with E-state index >= 15 is 0 Å². The third kappa shape index (κ3) is 5.10. The Morgan fingerprint density at radius 1 is 0.323 bits per heavy atom. The largest absolute Gasteiger partial charge is 0.456 e. The summed E-state index contributed by atoms with van der Waals surface area (Å²) in [6.07, 6.45) is 0. The molecule has 62 heavy (non-hydrogen) atoms. The molecule has 0 saturated carbocycles. The van der Waals surface area contributed by atoms with Gasteiger partial charge in [-0.1, -0.05) is 172 Å². The first-order valence-corrected chi connectivity index (χ1v) is 21.3. The number of rotatable bonds is 5. The molecule has 0 atom stereocenters. The topological polar surface area (TPSA) is 51.8 Å². The van der Waals surface area contributed by atoms with E-state index in [1.807, 2.05) is 18.2 Å². The number of benzene rings is 9. The lowest BCUT2D eigenvalue weighted by Gasteiger charge is -2.21. The lowest BCUT2D eigenvalue weighted by atomic mass is 9.82. The molecular weight excluding hydrogens is 755 g/mol. The van der Waals surface area contributed by atoms with Crippen LogP contribution in [0.4, 0.5) is 0 Å². The molecule has 2 aliphatic rings. The molecule has 11 aromatic rings. The monoisotopic (exact) mass is 791 g/mol. The number of furan rings is 1.